The van der Waals surface area contributed by atoms with Gasteiger partial charge in [0.25, 0.3) is 5.91 Å². The number of amides is 2. The zero-order chi connectivity index (χ0) is 19.1. The summed E-state index contributed by atoms with van der Waals surface area (Å²) in [7, 11) is 1.67. The average molecular weight is 385 g/mol. The lowest BCUT2D eigenvalue weighted by molar-refractivity contribution is -0.119. The molecule has 0 atom stereocenters. The van der Waals surface area contributed by atoms with Crippen LogP contribution in [-0.2, 0) is 9.53 Å². The summed E-state index contributed by atoms with van der Waals surface area (Å²) >= 11 is 1.46. The second-order valence-electron chi connectivity index (χ2n) is 6.62. The molecule has 142 valence electrons. The topological polar surface area (TPSA) is 58.6 Å². The molecule has 0 unspecified atom stereocenters. The van der Waals surface area contributed by atoms with Crippen LogP contribution < -0.4 is 5.32 Å². The van der Waals surface area contributed by atoms with Crippen molar-refractivity contribution in [1.82, 2.24) is 10.2 Å². The second-order valence-corrected chi connectivity index (χ2v) is 7.57. The first-order valence-corrected chi connectivity index (χ1v) is 9.89. The van der Waals surface area contributed by atoms with E-state index in [9.17, 15) is 9.59 Å². The Morgan fingerprint density at radius 2 is 1.93 bits per heavy atom. The molecule has 5 nitrogen and oxygen atoms in total. The first kappa shape index (κ1) is 19.3. The van der Waals surface area contributed by atoms with Crippen molar-refractivity contribution >= 4 is 29.2 Å². The molecule has 1 aliphatic rings. The van der Waals surface area contributed by atoms with E-state index in [-0.39, 0.29) is 11.8 Å². The van der Waals surface area contributed by atoms with Gasteiger partial charge in [0.1, 0.15) is 0 Å². The number of hydrogen-bond acceptors (Lipinski definition) is 4. The zero-order valence-electron chi connectivity index (χ0n) is 15.4. The summed E-state index contributed by atoms with van der Waals surface area (Å²) in [6.45, 7) is 1.68. The number of methoxy groups -OCH3 is 1. The van der Waals surface area contributed by atoms with Crippen molar-refractivity contribution in [2.75, 3.05) is 26.7 Å². The Morgan fingerprint density at radius 1 is 1.19 bits per heavy atom. The Hall–Kier alpha value is -2.44. The van der Waals surface area contributed by atoms with Crippen LogP contribution in [0.25, 0.3) is 6.08 Å². The lowest BCUT2D eigenvalue weighted by atomic mass is 9.90. The van der Waals surface area contributed by atoms with Crippen molar-refractivity contribution < 1.29 is 14.3 Å². The molecule has 1 fully saturated rings. The van der Waals surface area contributed by atoms with Crippen molar-refractivity contribution in [2.24, 2.45) is 0 Å². The van der Waals surface area contributed by atoms with Crippen molar-refractivity contribution in [3.8, 4) is 0 Å². The van der Waals surface area contributed by atoms with Gasteiger partial charge in [0.15, 0.2) is 0 Å². The number of carbonyl (C=O) groups is 2. The van der Waals surface area contributed by atoms with E-state index in [1.54, 1.807) is 13.2 Å². The van der Waals surface area contributed by atoms with Crippen molar-refractivity contribution in [1.29, 1.82) is 0 Å². The van der Waals surface area contributed by atoms with Gasteiger partial charge in [-0.3, -0.25) is 9.59 Å². The summed E-state index contributed by atoms with van der Waals surface area (Å²) < 4.78 is 5.74. The number of benzene rings is 1. The molecule has 2 aromatic rings. The lowest BCUT2D eigenvalue weighted by Crippen LogP contribution is -2.53. The van der Waals surface area contributed by atoms with E-state index in [0.717, 1.165) is 10.4 Å². The van der Waals surface area contributed by atoms with Gasteiger partial charge in [-0.15, -0.1) is 11.3 Å². The molecule has 2 heterocycles. The fourth-order valence-electron chi connectivity index (χ4n) is 3.17. The van der Waals surface area contributed by atoms with Crippen LogP contribution >= 0.6 is 11.3 Å². The summed E-state index contributed by atoms with van der Waals surface area (Å²) in [5.74, 6) is -0.0723. The number of carbonyl (C=O) groups excluding carboxylic acids is 2. The highest BCUT2D eigenvalue weighted by molar-refractivity contribution is 7.12. The third-order valence-electron chi connectivity index (χ3n) is 4.94. The summed E-state index contributed by atoms with van der Waals surface area (Å²) in [6, 6.07) is 13.4. The minimum absolute atomic E-state index is 0.0736. The molecule has 1 aliphatic heterocycles. The molecule has 0 aliphatic carbocycles. The number of nitrogens with one attached hydrogen (secondary N) is 1. The fourth-order valence-corrected chi connectivity index (χ4v) is 3.86. The molecular weight excluding hydrogens is 360 g/mol. The predicted molar refractivity (Wildman–Crippen MR) is 108 cm³/mol. The molecule has 3 rings (SSSR count). The minimum atomic E-state index is -0.428. The van der Waals surface area contributed by atoms with Crippen molar-refractivity contribution in [3.05, 3.63) is 64.4 Å². The molecule has 1 N–H and O–H groups in total. The summed E-state index contributed by atoms with van der Waals surface area (Å²) in [6.07, 6.45) is 4.72. The maximum Gasteiger partial charge on any atom is 0.263 e. The van der Waals surface area contributed by atoms with Gasteiger partial charge in [-0.1, -0.05) is 36.4 Å². The number of ether oxygens (including phenoxy) is 1. The highest BCUT2D eigenvalue weighted by atomic mass is 32.1. The fraction of sp³-hybridized carbons (Fsp3) is 0.333. The molecule has 6 heteroatoms. The van der Waals surface area contributed by atoms with Gasteiger partial charge in [-0.05, 0) is 35.9 Å². The van der Waals surface area contributed by atoms with Gasteiger partial charge in [-0.25, -0.2) is 0 Å². The Kier molecular flexibility index (Phi) is 6.42. The van der Waals surface area contributed by atoms with Crippen LogP contribution in [0, 0.1) is 0 Å². The Bertz CT molecular complexity index is 779. The van der Waals surface area contributed by atoms with E-state index in [0.29, 0.717) is 32.5 Å². The molecule has 0 spiro atoms. The summed E-state index contributed by atoms with van der Waals surface area (Å²) in [5.41, 5.74) is 0.553. The molecule has 1 saturated heterocycles. The normalized spacial score (nSPS) is 16.4. The third-order valence-corrected chi connectivity index (χ3v) is 5.80. The average Bonchev–Trinajstić information content (AvgIpc) is 3.26. The summed E-state index contributed by atoms with van der Waals surface area (Å²) in [4.78, 5) is 27.2. The molecular formula is C21H24N2O3S. The predicted octanol–water partition coefficient (Wildman–Crippen LogP) is 3.20. The van der Waals surface area contributed by atoms with Crippen LogP contribution in [0.4, 0.5) is 0 Å². The zero-order valence-corrected chi connectivity index (χ0v) is 16.2. The monoisotopic (exact) mass is 384 g/mol. The van der Waals surface area contributed by atoms with Crippen LogP contribution in [0.5, 0.6) is 0 Å². The lowest BCUT2D eigenvalue weighted by Gasteiger charge is -2.40. The van der Waals surface area contributed by atoms with E-state index >= 15 is 0 Å². The Balaban J connectivity index is 1.51. The van der Waals surface area contributed by atoms with Crippen LogP contribution in [0.15, 0.2) is 53.9 Å². The Morgan fingerprint density at radius 3 is 2.56 bits per heavy atom. The number of likely N-dealkylation sites (tertiary alicyclic amines) is 1. The quantitative estimate of drug-likeness (QED) is 0.778. The smallest absolute Gasteiger partial charge is 0.263 e. The summed E-state index contributed by atoms with van der Waals surface area (Å²) in [5, 5.41) is 4.85. The number of rotatable bonds is 6. The number of nitrogens with zero attached hydrogens (tertiary/aromatic N) is 1. The van der Waals surface area contributed by atoms with Gasteiger partial charge in [0.2, 0.25) is 5.91 Å². The maximum atomic E-state index is 12.5. The standard InChI is InChI=1S/C21H24N2O3S/c1-26-21(16-22-19(24)10-9-17-6-3-2-4-7-17)11-13-23(14-12-21)20(25)18-8-5-15-27-18/h2-10,15H,11-14,16H2,1H3,(H,22,24)/b10-9+. The second kappa shape index (κ2) is 8.97. The van der Waals surface area contributed by atoms with Gasteiger partial charge in [0, 0.05) is 32.8 Å². The van der Waals surface area contributed by atoms with E-state index in [1.165, 1.54) is 17.4 Å². The van der Waals surface area contributed by atoms with Crippen LogP contribution in [0.3, 0.4) is 0 Å². The first-order valence-electron chi connectivity index (χ1n) is 9.01. The van der Waals surface area contributed by atoms with Gasteiger partial charge >= 0.3 is 0 Å². The highest BCUT2D eigenvalue weighted by Gasteiger charge is 2.36. The van der Waals surface area contributed by atoms with E-state index in [2.05, 4.69) is 5.32 Å². The minimum Gasteiger partial charge on any atom is -0.376 e. The molecule has 0 bridgehead atoms. The number of hydrogen-bond donors (Lipinski definition) is 1. The molecule has 0 saturated carbocycles. The molecule has 2 amide bonds. The molecule has 1 aromatic heterocycles. The van der Waals surface area contributed by atoms with E-state index in [1.807, 2.05) is 52.7 Å². The SMILES string of the molecule is COC1(CNC(=O)/C=C/c2ccccc2)CCN(C(=O)c2cccs2)CC1. The van der Waals surface area contributed by atoms with Gasteiger partial charge < -0.3 is 15.0 Å². The Labute approximate surface area is 163 Å². The van der Waals surface area contributed by atoms with Gasteiger partial charge in [-0.2, -0.15) is 0 Å². The molecule has 0 radical (unpaired) electrons. The van der Waals surface area contributed by atoms with Crippen LogP contribution in [-0.4, -0.2) is 49.1 Å². The first-order chi connectivity index (χ1) is 13.1. The van der Waals surface area contributed by atoms with Crippen LogP contribution in [0.2, 0.25) is 0 Å². The van der Waals surface area contributed by atoms with Crippen molar-refractivity contribution in [3.63, 3.8) is 0 Å². The molecule has 27 heavy (non-hydrogen) atoms. The van der Waals surface area contributed by atoms with E-state index < -0.39 is 5.60 Å². The largest absolute Gasteiger partial charge is 0.376 e. The number of piperidine rings is 1. The maximum absolute atomic E-state index is 12.5. The van der Waals surface area contributed by atoms with Gasteiger partial charge in [0.05, 0.1) is 10.5 Å². The number of thiophene rings is 1. The third kappa shape index (κ3) is 5.05. The van der Waals surface area contributed by atoms with Crippen LogP contribution in [0.1, 0.15) is 28.1 Å². The van der Waals surface area contributed by atoms with Crippen molar-refractivity contribution in [2.45, 2.75) is 18.4 Å². The van der Waals surface area contributed by atoms with E-state index in [4.69, 9.17) is 4.74 Å². The molecule has 1 aromatic carbocycles. The highest BCUT2D eigenvalue weighted by Crippen LogP contribution is 2.26.